The van der Waals surface area contributed by atoms with Crippen molar-refractivity contribution in [1.82, 2.24) is 15.1 Å². The van der Waals surface area contributed by atoms with Gasteiger partial charge in [0.2, 0.25) is 0 Å². The average Bonchev–Trinajstić information content (AvgIpc) is 2.40. The lowest BCUT2D eigenvalue weighted by molar-refractivity contribution is 0.118. The van der Waals surface area contributed by atoms with Gasteiger partial charge in [-0.2, -0.15) is 0 Å². The van der Waals surface area contributed by atoms with E-state index in [4.69, 9.17) is 0 Å². The quantitative estimate of drug-likeness (QED) is 0.829. The molecule has 1 aliphatic heterocycles. The van der Waals surface area contributed by atoms with Crippen molar-refractivity contribution in [3.8, 4) is 0 Å². The van der Waals surface area contributed by atoms with Crippen LogP contribution < -0.4 is 5.32 Å². The topological polar surface area (TPSA) is 18.5 Å². The maximum absolute atomic E-state index is 3.40. The summed E-state index contributed by atoms with van der Waals surface area (Å²) in [5.41, 5.74) is 1.41. The second kappa shape index (κ2) is 6.74. The summed E-state index contributed by atoms with van der Waals surface area (Å²) in [6, 6.07) is 10.7. The molecule has 17 heavy (non-hydrogen) atoms. The van der Waals surface area contributed by atoms with E-state index >= 15 is 0 Å². The van der Waals surface area contributed by atoms with E-state index in [0.717, 1.165) is 32.8 Å². The summed E-state index contributed by atoms with van der Waals surface area (Å²) in [7, 11) is 0. The van der Waals surface area contributed by atoms with Crippen LogP contribution in [0.1, 0.15) is 12.5 Å². The smallest absolute Gasteiger partial charge is 0.0510 e. The highest BCUT2D eigenvalue weighted by Crippen LogP contribution is 2.05. The van der Waals surface area contributed by atoms with Gasteiger partial charge in [-0.25, -0.2) is 0 Å². The number of benzene rings is 1. The molecular weight excluding hydrogens is 210 g/mol. The molecule has 2 rings (SSSR count). The first-order chi connectivity index (χ1) is 8.38. The van der Waals surface area contributed by atoms with Gasteiger partial charge in [0.25, 0.3) is 0 Å². The van der Waals surface area contributed by atoms with E-state index in [9.17, 15) is 0 Å². The number of hydrogen-bond acceptors (Lipinski definition) is 3. The molecule has 0 aliphatic carbocycles. The second-order valence-corrected chi connectivity index (χ2v) is 4.64. The van der Waals surface area contributed by atoms with Gasteiger partial charge in [0.05, 0.1) is 6.67 Å². The Morgan fingerprint density at radius 2 is 1.88 bits per heavy atom. The van der Waals surface area contributed by atoms with E-state index in [1.54, 1.807) is 0 Å². The maximum Gasteiger partial charge on any atom is 0.0510 e. The molecule has 0 aromatic heterocycles. The molecule has 1 aliphatic rings. The number of nitrogens with zero attached hydrogens (tertiary/aromatic N) is 2. The minimum absolute atomic E-state index is 1.06. The molecule has 1 aromatic carbocycles. The van der Waals surface area contributed by atoms with Crippen molar-refractivity contribution in [3.63, 3.8) is 0 Å². The summed E-state index contributed by atoms with van der Waals surface area (Å²) in [6.07, 6.45) is 0. The first-order valence-corrected chi connectivity index (χ1v) is 6.58. The van der Waals surface area contributed by atoms with Crippen molar-refractivity contribution in [3.05, 3.63) is 35.9 Å². The molecular formula is C14H23N3. The molecule has 0 amide bonds. The molecule has 0 bridgehead atoms. The van der Waals surface area contributed by atoms with E-state index in [1.165, 1.54) is 18.7 Å². The lowest BCUT2D eigenvalue weighted by Crippen LogP contribution is -2.48. The van der Waals surface area contributed by atoms with E-state index in [-0.39, 0.29) is 0 Å². The Bertz CT molecular complexity index is 307. The van der Waals surface area contributed by atoms with E-state index in [2.05, 4.69) is 52.4 Å². The average molecular weight is 233 g/mol. The molecule has 0 atom stereocenters. The van der Waals surface area contributed by atoms with E-state index < -0.39 is 0 Å². The fourth-order valence-corrected chi connectivity index (χ4v) is 2.24. The zero-order valence-corrected chi connectivity index (χ0v) is 10.7. The van der Waals surface area contributed by atoms with Gasteiger partial charge < -0.3 is 5.32 Å². The van der Waals surface area contributed by atoms with E-state index in [1.807, 2.05) is 0 Å². The minimum atomic E-state index is 1.06. The summed E-state index contributed by atoms with van der Waals surface area (Å²) in [4.78, 5) is 5.03. The Morgan fingerprint density at radius 1 is 1.18 bits per heavy atom. The lowest BCUT2D eigenvalue weighted by atomic mass is 10.2. The van der Waals surface area contributed by atoms with Crippen molar-refractivity contribution >= 4 is 0 Å². The molecule has 1 aromatic rings. The van der Waals surface area contributed by atoms with Crippen LogP contribution in [0, 0.1) is 0 Å². The predicted molar refractivity (Wildman–Crippen MR) is 71.8 cm³/mol. The van der Waals surface area contributed by atoms with Gasteiger partial charge in [-0.15, -0.1) is 0 Å². The van der Waals surface area contributed by atoms with Gasteiger partial charge in [-0.05, 0) is 12.1 Å². The predicted octanol–water partition coefficient (Wildman–Crippen LogP) is 1.37. The summed E-state index contributed by atoms with van der Waals surface area (Å²) < 4.78 is 0. The van der Waals surface area contributed by atoms with Crippen LogP contribution in [0.3, 0.4) is 0 Å². The van der Waals surface area contributed by atoms with Gasteiger partial charge in [0.15, 0.2) is 0 Å². The first-order valence-electron chi connectivity index (χ1n) is 6.58. The maximum atomic E-state index is 3.40. The van der Waals surface area contributed by atoms with Gasteiger partial charge in [-0.3, -0.25) is 9.80 Å². The number of nitrogens with one attached hydrogen (secondary N) is 1. The molecule has 0 saturated carbocycles. The van der Waals surface area contributed by atoms with Crippen LogP contribution in [0.5, 0.6) is 0 Å². The Hall–Kier alpha value is -0.900. The van der Waals surface area contributed by atoms with Crippen molar-refractivity contribution in [2.24, 2.45) is 0 Å². The molecule has 0 radical (unpaired) electrons. The van der Waals surface area contributed by atoms with Gasteiger partial charge in [0.1, 0.15) is 0 Å². The Morgan fingerprint density at radius 3 is 2.53 bits per heavy atom. The Labute approximate surface area is 104 Å². The van der Waals surface area contributed by atoms with Crippen molar-refractivity contribution in [2.75, 3.05) is 39.4 Å². The highest BCUT2D eigenvalue weighted by Gasteiger charge is 2.12. The largest absolute Gasteiger partial charge is 0.314 e. The zero-order chi connectivity index (χ0) is 11.9. The highest BCUT2D eigenvalue weighted by atomic mass is 15.3. The van der Waals surface area contributed by atoms with Crippen LogP contribution >= 0.6 is 0 Å². The molecule has 1 fully saturated rings. The Balaban J connectivity index is 1.83. The van der Waals surface area contributed by atoms with Crippen LogP contribution in [-0.4, -0.2) is 49.2 Å². The number of piperazine rings is 1. The third-order valence-corrected chi connectivity index (χ3v) is 3.31. The van der Waals surface area contributed by atoms with Crippen molar-refractivity contribution in [2.45, 2.75) is 13.5 Å². The van der Waals surface area contributed by atoms with Crippen LogP contribution in [-0.2, 0) is 6.54 Å². The zero-order valence-electron chi connectivity index (χ0n) is 10.7. The Kier molecular flexibility index (Phi) is 4.98. The van der Waals surface area contributed by atoms with Crippen molar-refractivity contribution in [1.29, 1.82) is 0 Å². The molecule has 0 spiro atoms. The summed E-state index contributed by atoms with van der Waals surface area (Å²) in [6.45, 7) is 10.1. The van der Waals surface area contributed by atoms with Crippen LogP contribution in [0.25, 0.3) is 0 Å². The van der Waals surface area contributed by atoms with E-state index in [0.29, 0.717) is 0 Å². The minimum Gasteiger partial charge on any atom is -0.314 e. The van der Waals surface area contributed by atoms with Crippen LogP contribution in [0.15, 0.2) is 30.3 Å². The molecule has 3 heteroatoms. The third-order valence-electron chi connectivity index (χ3n) is 3.31. The molecule has 94 valence electrons. The van der Waals surface area contributed by atoms with Crippen LogP contribution in [0.4, 0.5) is 0 Å². The molecule has 0 unspecified atom stereocenters. The molecule has 1 N–H and O–H groups in total. The summed E-state index contributed by atoms with van der Waals surface area (Å²) >= 11 is 0. The number of hydrogen-bond donors (Lipinski definition) is 1. The summed E-state index contributed by atoms with van der Waals surface area (Å²) in [5.74, 6) is 0. The lowest BCUT2D eigenvalue weighted by Gasteiger charge is -2.32. The normalized spacial score (nSPS) is 17.5. The molecule has 1 heterocycles. The van der Waals surface area contributed by atoms with Gasteiger partial charge in [0, 0.05) is 32.7 Å². The summed E-state index contributed by atoms with van der Waals surface area (Å²) in [5, 5.41) is 3.40. The van der Waals surface area contributed by atoms with Gasteiger partial charge >= 0.3 is 0 Å². The fraction of sp³-hybridized carbons (Fsp3) is 0.571. The second-order valence-electron chi connectivity index (χ2n) is 4.64. The molecule has 1 saturated heterocycles. The standard InChI is InChI=1S/C14H23N3/c1-2-16(12-14-6-4-3-5-7-14)13-17-10-8-15-9-11-17/h3-7,15H,2,8-13H2,1H3. The first kappa shape index (κ1) is 12.6. The van der Waals surface area contributed by atoms with Crippen LogP contribution in [0.2, 0.25) is 0 Å². The SMILES string of the molecule is CCN(Cc1ccccc1)CN1CCNCC1. The number of rotatable bonds is 5. The molecule has 3 nitrogen and oxygen atoms in total. The highest BCUT2D eigenvalue weighted by molar-refractivity contribution is 5.14. The van der Waals surface area contributed by atoms with Gasteiger partial charge in [-0.1, -0.05) is 37.3 Å². The fourth-order valence-electron chi connectivity index (χ4n) is 2.24. The third kappa shape index (κ3) is 4.11. The monoisotopic (exact) mass is 233 g/mol. The van der Waals surface area contributed by atoms with Crippen molar-refractivity contribution < 1.29 is 0 Å².